The zero-order valence-corrected chi connectivity index (χ0v) is 12.7. The van der Waals surface area contributed by atoms with Crippen molar-refractivity contribution in [3.05, 3.63) is 41.2 Å². The SMILES string of the molecule is Cc1n[nH]c(C)c1S(=O)(=O)N[C@H]1CCOc2ccccc21. The number of hydrogen-bond donors (Lipinski definition) is 2. The van der Waals surface area contributed by atoms with Crippen LogP contribution in [0.5, 0.6) is 5.75 Å². The molecule has 2 N–H and O–H groups in total. The smallest absolute Gasteiger partial charge is 0.244 e. The minimum Gasteiger partial charge on any atom is -0.493 e. The molecule has 1 aromatic heterocycles. The highest BCUT2D eigenvalue weighted by molar-refractivity contribution is 7.89. The monoisotopic (exact) mass is 307 g/mol. The van der Waals surface area contributed by atoms with Crippen molar-refractivity contribution in [3.63, 3.8) is 0 Å². The van der Waals surface area contributed by atoms with Crippen LogP contribution in [0.15, 0.2) is 29.2 Å². The van der Waals surface area contributed by atoms with Crippen LogP contribution < -0.4 is 9.46 Å². The number of rotatable bonds is 3. The van der Waals surface area contributed by atoms with Crippen LogP contribution in [0.4, 0.5) is 0 Å². The number of fused-ring (bicyclic) bond motifs is 1. The maximum absolute atomic E-state index is 12.6. The maximum atomic E-state index is 12.6. The fraction of sp³-hybridized carbons (Fsp3) is 0.357. The molecule has 7 heteroatoms. The molecule has 21 heavy (non-hydrogen) atoms. The molecule has 0 spiro atoms. The Balaban J connectivity index is 1.94. The van der Waals surface area contributed by atoms with Gasteiger partial charge in [0.2, 0.25) is 10.0 Å². The molecular formula is C14H17N3O3S. The van der Waals surface area contributed by atoms with E-state index in [0.717, 1.165) is 11.3 Å². The lowest BCUT2D eigenvalue weighted by Crippen LogP contribution is -2.32. The van der Waals surface area contributed by atoms with Gasteiger partial charge >= 0.3 is 0 Å². The van der Waals surface area contributed by atoms with Crippen LogP contribution >= 0.6 is 0 Å². The highest BCUT2D eigenvalue weighted by Crippen LogP contribution is 2.33. The summed E-state index contributed by atoms with van der Waals surface area (Å²) >= 11 is 0. The van der Waals surface area contributed by atoms with Crippen molar-refractivity contribution in [3.8, 4) is 5.75 Å². The quantitative estimate of drug-likeness (QED) is 0.906. The summed E-state index contributed by atoms with van der Waals surface area (Å²) in [4.78, 5) is 0.228. The van der Waals surface area contributed by atoms with Gasteiger partial charge in [-0.25, -0.2) is 13.1 Å². The summed E-state index contributed by atoms with van der Waals surface area (Å²) in [5.74, 6) is 0.733. The number of benzene rings is 1. The molecule has 2 aromatic rings. The van der Waals surface area contributed by atoms with Crippen LogP contribution in [0.1, 0.15) is 29.4 Å². The highest BCUT2D eigenvalue weighted by atomic mass is 32.2. The van der Waals surface area contributed by atoms with Gasteiger partial charge in [0.05, 0.1) is 24.0 Å². The summed E-state index contributed by atoms with van der Waals surface area (Å²) in [5, 5.41) is 6.66. The van der Waals surface area contributed by atoms with Crippen molar-refractivity contribution in [2.75, 3.05) is 6.61 Å². The second kappa shape index (κ2) is 5.16. The Morgan fingerprint density at radius 3 is 2.81 bits per heavy atom. The van der Waals surface area contributed by atoms with E-state index in [1.165, 1.54) is 0 Å². The van der Waals surface area contributed by atoms with Gasteiger partial charge in [-0.1, -0.05) is 18.2 Å². The zero-order chi connectivity index (χ0) is 15.0. The minimum atomic E-state index is -3.62. The molecule has 0 saturated heterocycles. The van der Waals surface area contributed by atoms with Crippen LogP contribution in [-0.2, 0) is 10.0 Å². The predicted molar refractivity (Wildman–Crippen MR) is 77.7 cm³/mol. The summed E-state index contributed by atoms with van der Waals surface area (Å²) in [6, 6.07) is 7.21. The molecule has 0 aliphatic carbocycles. The fourth-order valence-corrected chi connectivity index (χ4v) is 4.27. The van der Waals surface area contributed by atoms with Gasteiger partial charge in [0.15, 0.2) is 0 Å². The Morgan fingerprint density at radius 2 is 2.10 bits per heavy atom. The van der Waals surface area contributed by atoms with Crippen molar-refractivity contribution < 1.29 is 13.2 Å². The first kappa shape index (κ1) is 14.1. The van der Waals surface area contributed by atoms with Crippen molar-refractivity contribution in [2.24, 2.45) is 0 Å². The van der Waals surface area contributed by atoms with Crippen molar-refractivity contribution >= 4 is 10.0 Å². The van der Waals surface area contributed by atoms with E-state index in [9.17, 15) is 8.42 Å². The van der Waals surface area contributed by atoms with Gasteiger partial charge in [-0.3, -0.25) is 5.10 Å². The number of nitrogens with one attached hydrogen (secondary N) is 2. The van der Waals surface area contributed by atoms with Gasteiger partial charge < -0.3 is 4.74 Å². The normalized spacial score (nSPS) is 18.1. The third-order valence-electron chi connectivity index (χ3n) is 3.59. The van der Waals surface area contributed by atoms with E-state index in [0.29, 0.717) is 24.4 Å². The number of aromatic amines is 1. The average Bonchev–Trinajstić information content (AvgIpc) is 2.79. The molecule has 3 rings (SSSR count). The Hall–Kier alpha value is -1.86. The third-order valence-corrected chi connectivity index (χ3v) is 5.32. The molecular weight excluding hydrogens is 290 g/mol. The van der Waals surface area contributed by atoms with Crippen molar-refractivity contribution in [1.82, 2.24) is 14.9 Å². The molecule has 0 unspecified atom stereocenters. The highest BCUT2D eigenvalue weighted by Gasteiger charge is 2.29. The van der Waals surface area contributed by atoms with Crippen LogP contribution in [0.3, 0.4) is 0 Å². The van der Waals surface area contributed by atoms with Crippen LogP contribution in [-0.4, -0.2) is 25.2 Å². The number of nitrogens with zero attached hydrogens (tertiary/aromatic N) is 1. The molecule has 1 aliphatic heterocycles. The van der Waals surface area contributed by atoms with Gasteiger partial charge in [0.25, 0.3) is 0 Å². The third kappa shape index (κ3) is 2.54. The molecule has 0 saturated carbocycles. The first-order valence-corrected chi connectivity index (χ1v) is 8.23. The maximum Gasteiger partial charge on any atom is 0.244 e. The van der Waals surface area contributed by atoms with Gasteiger partial charge in [-0.2, -0.15) is 5.10 Å². The standard InChI is InChI=1S/C14H17N3O3S/c1-9-14(10(2)16-15-9)21(18,19)17-12-7-8-20-13-6-4-3-5-11(12)13/h3-6,12,17H,7-8H2,1-2H3,(H,15,16)/t12-/m0/s1. The second-order valence-corrected chi connectivity index (χ2v) is 6.76. The summed E-state index contributed by atoms with van der Waals surface area (Å²) in [5.41, 5.74) is 1.88. The summed E-state index contributed by atoms with van der Waals surface area (Å²) < 4.78 is 33.5. The Morgan fingerprint density at radius 1 is 1.33 bits per heavy atom. The van der Waals surface area contributed by atoms with Crippen molar-refractivity contribution in [2.45, 2.75) is 31.2 Å². The van der Waals surface area contributed by atoms with Crippen LogP contribution in [0.25, 0.3) is 0 Å². The molecule has 0 radical (unpaired) electrons. The average molecular weight is 307 g/mol. The lowest BCUT2D eigenvalue weighted by Gasteiger charge is -2.26. The predicted octanol–water partition coefficient (Wildman–Crippen LogP) is 1.83. The largest absolute Gasteiger partial charge is 0.493 e. The number of H-pyrrole nitrogens is 1. The molecule has 0 bridgehead atoms. The molecule has 0 fully saturated rings. The number of aromatic nitrogens is 2. The van der Waals surface area contributed by atoms with E-state index in [4.69, 9.17) is 4.74 Å². The zero-order valence-electron chi connectivity index (χ0n) is 11.9. The number of ether oxygens (including phenoxy) is 1. The lowest BCUT2D eigenvalue weighted by molar-refractivity contribution is 0.263. The van der Waals surface area contributed by atoms with Gasteiger partial charge in [0, 0.05) is 12.0 Å². The van der Waals surface area contributed by atoms with E-state index in [1.807, 2.05) is 24.3 Å². The second-order valence-electron chi connectivity index (χ2n) is 5.11. The van der Waals surface area contributed by atoms with E-state index in [1.54, 1.807) is 13.8 Å². The molecule has 0 amide bonds. The number of hydrogen-bond acceptors (Lipinski definition) is 4. The summed E-state index contributed by atoms with van der Waals surface area (Å²) in [6.45, 7) is 3.87. The topological polar surface area (TPSA) is 84.1 Å². The molecule has 112 valence electrons. The Labute approximate surface area is 123 Å². The van der Waals surface area contributed by atoms with Gasteiger partial charge in [0.1, 0.15) is 10.6 Å². The number of para-hydroxylation sites is 1. The molecule has 1 aromatic carbocycles. The molecule has 1 atom stereocenters. The fourth-order valence-electron chi connectivity index (χ4n) is 2.65. The van der Waals surface area contributed by atoms with Crippen LogP contribution in [0, 0.1) is 13.8 Å². The first-order chi connectivity index (χ1) is 9.99. The van der Waals surface area contributed by atoms with E-state index in [2.05, 4.69) is 14.9 Å². The molecule has 1 aliphatic rings. The van der Waals surface area contributed by atoms with E-state index >= 15 is 0 Å². The first-order valence-electron chi connectivity index (χ1n) is 6.74. The van der Waals surface area contributed by atoms with Crippen molar-refractivity contribution in [1.29, 1.82) is 0 Å². The Bertz CT molecular complexity index is 748. The number of aryl methyl sites for hydroxylation is 2. The van der Waals surface area contributed by atoms with E-state index < -0.39 is 10.0 Å². The molecule has 2 heterocycles. The van der Waals surface area contributed by atoms with Gasteiger partial charge in [-0.15, -0.1) is 0 Å². The summed E-state index contributed by atoms with van der Waals surface area (Å²) in [7, 11) is -3.62. The Kier molecular flexibility index (Phi) is 3.46. The minimum absolute atomic E-state index is 0.228. The number of sulfonamides is 1. The van der Waals surface area contributed by atoms with Gasteiger partial charge in [-0.05, 0) is 19.9 Å². The van der Waals surface area contributed by atoms with Crippen LogP contribution in [0.2, 0.25) is 0 Å². The molecule has 6 nitrogen and oxygen atoms in total. The van der Waals surface area contributed by atoms with E-state index in [-0.39, 0.29) is 10.9 Å². The summed E-state index contributed by atoms with van der Waals surface area (Å²) in [6.07, 6.45) is 0.603. The lowest BCUT2D eigenvalue weighted by atomic mass is 10.0.